The number of para-hydroxylation sites is 2. The molecule has 0 unspecified atom stereocenters. The van der Waals surface area contributed by atoms with Crippen molar-refractivity contribution in [1.82, 2.24) is 4.98 Å². The van der Waals surface area contributed by atoms with Crippen molar-refractivity contribution in [2.75, 3.05) is 11.4 Å². The fourth-order valence-electron chi connectivity index (χ4n) is 5.24. The molecule has 6 aromatic rings. The number of hydrogen-bond donors (Lipinski definition) is 0. The number of carbonyl (C=O) groups is 2. The van der Waals surface area contributed by atoms with Gasteiger partial charge in [-0.1, -0.05) is 78.9 Å². The van der Waals surface area contributed by atoms with Gasteiger partial charge in [0.1, 0.15) is 12.4 Å². The summed E-state index contributed by atoms with van der Waals surface area (Å²) in [5, 5.41) is 1.07. The monoisotopic (exact) mass is 630 g/mol. The van der Waals surface area contributed by atoms with Gasteiger partial charge in [0.25, 0.3) is 15.9 Å². The van der Waals surface area contributed by atoms with Crippen LogP contribution in [0.25, 0.3) is 21.8 Å². The SMILES string of the molecule is COc1ccc(N(C(=O)c2c3ccccc3nc3ccccc23)S(=O)(=O)c2ccc(CCC(=O)OCc3ccccc3)cc2)cc1. The summed E-state index contributed by atoms with van der Waals surface area (Å²) >= 11 is 0. The van der Waals surface area contributed by atoms with Gasteiger partial charge in [-0.05, 0) is 66.1 Å². The number of rotatable bonds is 10. The van der Waals surface area contributed by atoms with Crippen molar-refractivity contribution >= 4 is 49.4 Å². The van der Waals surface area contributed by atoms with Gasteiger partial charge in [-0.15, -0.1) is 0 Å². The van der Waals surface area contributed by atoms with Gasteiger partial charge in [0.05, 0.1) is 34.3 Å². The average molecular weight is 631 g/mol. The molecule has 0 aliphatic heterocycles. The van der Waals surface area contributed by atoms with Crippen molar-refractivity contribution in [3.05, 3.63) is 144 Å². The van der Waals surface area contributed by atoms with Crippen LogP contribution < -0.4 is 9.04 Å². The molecule has 0 saturated heterocycles. The highest BCUT2D eigenvalue weighted by molar-refractivity contribution is 7.93. The molecule has 0 saturated carbocycles. The largest absolute Gasteiger partial charge is 0.497 e. The Morgan fingerprint density at radius 2 is 1.28 bits per heavy atom. The molecule has 1 aromatic heterocycles. The number of aryl methyl sites for hydroxylation is 1. The number of pyridine rings is 1. The summed E-state index contributed by atoms with van der Waals surface area (Å²) in [5.74, 6) is -0.557. The molecule has 0 spiro atoms. The fraction of sp³-hybridized carbons (Fsp3) is 0.108. The average Bonchev–Trinajstić information content (AvgIpc) is 3.09. The zero-order chi connectivity index (χ0) is 32.1. The highest BCUT2D eigenvalue weighted by Crippen LogP contribution is 2.33. The Morgan fingerprint density at radius 1 is 0.696 bits per heavy atom. The lowest BCUT2D eigenvalue weighted by atomic mass is 10.0. The highest BCUT2D eigenvalue weighted by Gasteiger charge is 2.34. The molecular formula is C37H30N2O6S. The van der Waals surface area contributed by atoms with E-state index in [1.807, 2.05) is 42.5 Å². The summed E-state index contributed by atoms with van der Waals surface area (Å²) < 4.78 is 40.2. The number of carbonyl (C=O) groups excluding carboxylic acids is 2. The molecule has 230 valence electrons. The zero-order valence-electron chi connectivity index (χ0n) is 25.0. The molecular weight excluding hydrogens is 600 g/mol. The van der Waals surface area contributed by atoms with Gasteiger partial charge in [-0.3, -0.25) is 9.59 Å². The van der Waals surface area contributed by atoms with Gasteiger partial charge in [0, 0.05) is 17.2 Å². The number of aromatic nitrogens is 1. The van der Waals surface area contributed by atoms with Crippen molar-refractivity contribution in [3.8, 4) is 5.75 Å². The zero-order valence-corrected chi connectivity index (χ0v) is 25.8. The molecule has 1 heterocycles. The first-order valence-electron chi connectivity index (χ1n) is 14.6. The maximum atomic E-state index is 14.6. The Bertz CT molecular complexity index is 2080. The number of ether oxygens (including phenoxy) is 2. The van der Waals surface area contributed by atoms with Crippen LogP contribution in [0.1, 0.15) is 27.9 Å². The number of hydrogen-bond acceptors (Lipinski definition) is 7. The normalized spacial score (nSPS) is 11.3. The smallest absolute Gasteiger partial charge is 0.306 e. The van der Waals surface area contributed by atoms with Crippen LogP contribution in [0.2, 0.25) is 0 Å². The van der Waals surface area contributed by atoms with E-state index in [1.165, 1.54) is 31.4 Å². The number of fused-ring (bicyclic) bond motifs is 2. The summed E-state index contributed by atoms with van der Waals surface area (Å²) in [6, 6.07) is 36.2. The standard InChI is InChI=1S/C37H30N2O6S/c1-44-29-20-18-28(19-21-29)39(37(41)36-31-11-5-7-13-33(31)38-34-14-8-6-12-32(34)36)46(42,43)30-22-15-26(16-23-30)17-24-35(40)45-25-27-9-3-2-4-10-27/h2-16,18-23H,17,24-25H2,1H3. The van der Waals surface area contributed by atoms with Crippen LogP contribution in [-0.2, 0) is 32.6 Å². The Labute approximate surface area is 266 Å². The van der Waals surface area contributed by atoms with E-state index in [1.54, 1.807) is 60.7 Å². The first kappa shape index (κ1) is 30.5. The topological polar surface area (TPSA) is 103 Å². The molecule has 0 radical (unpaired) electrons. The first-order valence-corrected chi connectivity index (χ1v) is 16.1. The second-order valence-corrected chi connectivity index (χ2v) is 12.4. The number of anilines is 1. The highest BCUT2D eigenvalue weighted by atomic mass is 32.2. The summed E-state index contributed by atoms with van der Waals surface area (Å²) in [6.07, 6.45) is 0.502. The van der Waals surface area contributed by atoms with Crippen LogP contribution >= 0.6 is 0 Å². The fourth-order valence-corrected chi connectivity index (χ4v) is 6.64. The van der Waals surface area contributed by atoms with Crippen molar-refractivity contribution in [3.63, 3.8) is 0 Å². The third-order valence-corrected chi connectivity index (χ3v) is 9.34. The number of benzene rings is 5. The van der Waals surface area contributed by atoms with Gasteiger partial charge < -0.3 is 9.47 Å². The minimum Gasteiger partial charge on any atom is -0.497 e. The van der Waals surface area contributed by atoms with Crippen LogP contribution in [0.3, 0.4) is 0 Å². The molecule has 0 bridgehead atoms. The van der Waals surface area contributed by atoms with E-state index < -0.39 is 15.9 Å². The Balaban J connectivity index is 1.32. The Kier molecular flexibility index (Phi) is 8.76. The van der Waals surface area contributed by atoms with Gasteiger partial charge in [0.15, 0.2) is 0 Å². The Hall–Kier alpha value is -5.54. The van der Waals surface area contributed by atoms with Crippen LogP contribution in [0, 0.1) is 0 Å². The molecule has 0 aliphatic carbocycles. The molecule has 5 aromatic carbocycles. The molecule has 1 amide bonds. The summed E-state index contributed by atoms with van der Waals surface area (Å²) in [5.41, 5.74) is 3.18. The number of methoxy groups -OCH3 is 1. The third-order valence-electron chi connectivity index (χ3n) is 7.61. The second kappa shape index (κ2) is 13.2. The molecule has 0 atom stereocenters. The maximum Gasteiger partial charge on any atom is 0.306 e. The summed E-state index contributed by atoms with van der Waals surface area (Å²) in [4.78, 5) is 31.5. The third kappa shape index (κ3) is 6.31. The predicted molar refractivity (Wildman–Crippen MR) is 177 cm³/mol. The van der Waals surface area contributed by atoms with E-state index in [-0.39, 0.29) is 35.1 Å². The molecule has 46 heavy (non-hydrogen) atoms. The minimum atomic E-state index is -4.41. The lowest BCUT2D eigenvalue weighted by molar-refractivity contribution is -0.144. The van der Waals surface area contributed by atoms with E-state index in [0.29, 0.717) is 34.0 Å². The number of amides is 1. The Morgan fingerprint density at radius 3 is 1.89 bits per heavy atom. The van der Waals surface area contributed by atoms with Gasteiger partial charge in [-0.2, -0.15) is 4.31 Å². The summed E-state index contributed by atoms with van der Waals surface area (Å²) in [7, 11) is -2.91. The van der Waals surface area contributed by atoms with E-state index in [0.717, 1.165) is 15.4 Å². The molecule has 8 nitrogen and oxygen atoms in total. The molecule has 9 heteroatoms. The maximum absolute atomic E-state index is 14.6. The van der Waals surface area contributed by atoms with Crippen LogP contribution in [0.4, 0.5) is 5.69 Å². The van der Waals surface area contributed by atoms with Crippen LogP contribution in [-0.4, -0.2) is 32.4 Å². The number of esters is 1. The van der Waals surface area contributed by atoms with E-state index in [2.05, 4.69) is 0 Å². The first-order chi connectivity index (χ1) is 22.3. The molecule has 0 N–H and O–H groups in total. The van der Waals surface area contributed by atoms with Crippen molar-refractivity contribution < 1.29 is 27.5 Å². The van der Waals surface area contributed by atoms with Crippen molar-refractivity contribution in [2.45, 2.75) is 24.3 Å². The van der Waals surface area contributed by atoms with E-state index in [4.69, 9.17) is 14.5 Å². The van der Waals surface area contributed by atoms with Crippen LogP contribution in [0.15, 0.2) is 132 Å². The molecule has 0 fully saturated rings. The molecule has 6 rings (SSSR count). The quantitative estimate of drug-likeness (QED) is 0.117. The van der Waals surface area contributed by atoms with Crippen molar-refractivity contribution in [1.29, 1.82) is 0 Å². The lowest BCUT2D eigenvalue weighted by Crippen LogP contribution is -2.37. The molecule has 0 aliphatic rings. The van der Waals surface area contributed by atoms with Gasteiger partial charge in [-0.25, -0.2) is 13.4 Å². The summed E-state index contributed by atoms with van der Waals surface area (Å²) in [6.45, 7) is 0.189. The van der Waals surface area contributed by atoms with Crippen LogP contribution in [0.5, 0.6) is 5.75 Å². The number of sulfonamides is 1. The van der Waals surface area contributed by atoms with Gasteiger partial charge in [0.2, 0.25) is 0 Å². The van der Waals surface area contributed by atoms with E-state index >= 15 is 0 Å². The predicted octanol–water partition coefficient (Wildman–Crippen LogP) is 7.11. The second-order valence-electron chi connectivity index (χ2n) is 10.6. The number of nitrogens with zero attached hydrogens (tertiary/aromatic N) is 2. The van der Waals surface area contributed by atoms with E-state index in [9.17, 15) is 18.0 Å². The minimum absolute atomic E-state index is 0.0743. The van der Waals surface area contributed by atoms with Crippen molar-refractivity contribution in [2.24, 2.45) is 0 Å². The van der Waals surface area contributed by atoms with Gasteiger partial charge >= 0.3 is 5.97 Å². The lowest BCUT2D eigenvalue weighted by Gasteiger charge is -2.24.